The summed E-state index contributed by atoms with van der Waals surface area (Å²) in [5.74, 6) is 0.565. The monoisotopic (exact) mass is 287 g/mol. The van der Waals surface area contributed by atoms with Gasteiger partial charge in [0.1, 0.15) is 18.8 Å². The third-order valence-electron chi connectivity index (χ3n) is 3.35. The second kappa shape index (κ2) is 5.63. The molecule has 0 atom stereocenters. The number of carbonyl (C=O) groups excluding carboxylic acids is 1. The summed E-state index contributed by atoms with van der Waals surface area (Å²) < 4.78 is 7.37. The van der Waals surface area contributed by atoms with E-state index in [1.165, 1.54) is 0 Å². The van der Waals surface area contributed by atoms with Gasteiger partial charge in [-0.05, 0) is 19.1 Å². The maximum Gasteiger partial charge on any atom is 0.250 e. The molecule has 0 unspecified atom stereocenters. The number of pyridine rings is 1. The molecule has 21 heavy (non-hydrogen) atoms. The predicted octanol–water partition coefficient (Wildman–Crippen LogP) is 0.584. The molecular formula is C14H17N5O2. The number of hydrogen-bond donors (Lipinski definition) is 2. The highest BCUT2D eigenvalue weighted by molar-refractivity contribution is 5.91. The fraction of sp³-hybridized carbons (Fsp3) is 0.357. The highest BCUT2D eigenvalue weighted by Gasteiger charge is 2.32. The van der Waals surface area contributed by atoms with E-state index in [-0.39, 0.29) is 18.1 Å². The molecule has 1 amide bonds. The quantitative estimate of drug-likeness (QED) is 0.841. The fourth-order valence-corrected chi connectivity index (χ4v) is 2.02. The van der Waals surface area contributed by atoms with Crippen LogP contribution in [0.15, 0.2) is 37.1 Å². The highest BCUT2D eigenvalue weighted by Crippen LogP contribution is 2.15. The van der Waals surface area contributed by atoms with Gasteiger partial charge in [-0.25, -0.2) is 9.97 Å². The minimum Gasteiger partial charge on any atom is -0.363 e. The number of aromatic nitrogens is 3. The van der Waals surface area contributed by atoms with Gasteiger partial charge in [-0.1, -0.05) is 0 Å². The summed E-state index contributed by atoms with van der Waals surface area (Å²) in [7, 11) is 0. The first-order chi connectivity index (χ1) is 10.1. The Hall–Kier alpha value is -2.25. The number of imidazole rings is 1. The van der Waals surface area contributed by atoms with Gasteiger partial charge in [0.05, 0.1) is 17.5 Å². The number of nitrogens with zero attached hydrogens (tertiary/aromatic N) is 3. The maximum atomic E-state index is 11.8. The second-order valence-electron chi connectivity index (χ2n) is 5.27. The molecule has 1 aliphatic heterocycles. The number of nitrogens with one attached hydrogen (secondary N) is 2. The SMILES string of the molecule is CC1(OCC(=O)Nc2ccc(-n3ccnc3)nc2)CNC1. The van der Waals surface area contributed by atoms with Crippen LogP contribution in [0, 0.1) is 0 Å². The summed E-state index contributed by atoms with van der Waals surface area (Å²) in [5.41, 5.74) is 0.422. The summed E-state index contributed by atoms with van der Waals surface area (Å²) >= 11 is 0. The van der Waals surface area contributed by atoms with Crippen LogP contribution in [0.2, 0.25) is 0 Å². The Bertz CT molecular complexity index is 605. The van der Waals surface area contributed by atoms with Crippen molar-refractivity contribution < 1.29 is 9.53 Å². The van der Waals surface area contributed by atoms with Crippen LogP contribution >= 0.6 is 0 Å². The van der Waals surface area contributed by atoms with Crippen LogP contribution in [-0.2, 0) is 9.53 Å². The lowest BCUT2D eigenvalue weighted by Gasteiger charge is -2.38. The molecule has 2 N–H and O–H groups in total. The van der Waals surface area contributed by atoms with E-state index in [2.05, 4.69) is 20.6 Å². The molecule has 3 heterocycles. The molecule has 110 valence electrons. The number of ether oxygens (including phenoxy) is 1. The Kier molecular flexibility index (Phi) is 3.68. The van der Waals surface area contributed by atoms with E-state index in [9.17, 15) is 4.79 Å². The third-order valence-corrected chi connectivity index (χ3v) is 3.35. The molecule has 0 bridgehead atoms. The molecule has 0 saturated carbocycles. The van der Waals surface area contributed by atoms with Crippen molar-refractivity contribution in [1.82, 2.24) is 19.9 Å². The molecule has 3 rings (SSSR count). The van der Waals surface area contributed by atoms with Crippen LogP contribution in [0.5, 0.6) is 0 Å². The van der Waals surface area contributed by atoms with Gasteiger partial charge in [0.15, 0.2) is 0 Å². The van der Waals surface area contributed by atoms with Crippen LogP contribution < -0.4 is 10.6 Å². The van der Waals surface area contributed by atoms with Crippen molar-refractivity contribution >= 4 is 11.6 Å². The van der Waals surface area contributed by atoms with Gasteiger partial charge in [0.25, 0.3) is 0 Å². The normalized spacial score (nSPS) is 16.2. The van der Waals surface area contributed by atoms with Gasteiger partial charge in [-0.2, -0.15) is 0 Å². The lowest BCUT2D eigenvalue weighted by atomic mass is 10.0. The summed E-state index contributed by atoms with van der Waals surface area (Å²) in [4.78, 5) is 20.0. The van der Waals surface area contributed by atoms with Crippen molar-refractivity contribution in [2.24, 2.45) is 0 Å². The van der Waals surface area contributed by atoms with Crippen molar-refractivity contribution in [2.45, 2.75) is 12.5 Å². The average Bonchev–Trinajstić information content (AvgIpc) is 2.98. The smallest absolute Gasteiger partial charge is 0.250 e. The van der Waals surface area contributed by atoms with Crippen LogP contribution in [0.3, 0.4) is 0 Å². The van der Waals surface area contributed by atoms with E-state index in [0.29, 0.717) is 5.69 Å². The van der Waals surface area contributed by atoms with Crippen LogP contribution in [0.1, 0.15) is 6.92 Å². The average molecular weight is 287 g/mol. The van der Waals surface area contributed by atoms with Crippen molar-refractivity contribution in [3.63, 3.8) is 0 Å². The topological polar surface area (TPSA) is 81.1 Å². The lowest BCUT2D eigenvalue weighted by molar-refractivity contribution is -0.130. The molecule has 0 aliphatic carbocycles. The van der Waals surface area contributed by atoms with Crippen molar-refractivity contribution in [3.8, 4) is 5.82 Å². The third kappa shape index (κ3) is 3.26. The minimum absolute atomic E-state index is 0.0431. The zero-order valence-electron chi connectivity index (χ0n) is 11.7. The number of rotatable bonds is 5. The van der Waals surface area contributed by atoms with E-state index >= 15 is 0 Å². The van der Waals surface area contributed by atoms with Gasteiger partial charge < -0.3 is 15.4 Å². The second-order valence-corrected chi connectivity index (χ2v) is 5.27. The lowest BCUT2D eigenvalue weighted by Crippen LogP contribution is -2.59. The van der Waals surface area contributed by atoms with Crippen LogP contribution in [0.25, 0.3) is 5.82 Å². The van der Waals surface area contributed by atoms with Gasteiger partial charge in [0, 0.05) is 25.5 Å². The van der Waals surface area contributed by atoms with Crippen molar-refractivity contribution in [1.29, 1.82) is 0 Å². The number of amides is 1. The first kappa shape index (κ1) is 13.7. The first-order valence-electron chi connectivity index (χ1n) is 6.74. The first-order valence-corrected chi connectivity index (χ1v) is 6.74. The summed E-state index contributed by atoms with van der Waals surface area (Å²) in [6.45, 7) is 3.59. The standard InChI is InChI=1S/C14H17N5O2/c1-14(8-16-9-14)21-7-13(20)18-11-2-3-12(17-6-11)19-5-4-15-10-19/h2-6,10,16H,7-9H2,1H3,(H,18,20). The summed E-state index contributed by atoms with van der Waals surface area (Å²) in [6.07, 6.45) is 6.77. The van der Waals surface area contributed by atoms with Gasteiger partial charge in [-0.15, -0.1) is 0 Å². The van der Waals surface area contributed by atoms with Crippen molar-refractivity contribution in [3.05, 3.63) is 37.1 Å². The highest BCUT2D eigenvalue weighted by atomic mass is 16.5. The molecule has 0 radical (unpaired) electrons. The molecule has 1 aliphatic rings. The largest absolute Gasteiger partial charge is 0.363 e. The minimum atomic E-state index is -0.221. The Morgan fingerprint density at radius 1 is 1.52 bits per heavy atom. The van der Waals surface area contributed by atoms with E-state index in [4.69, 9.17) is 4.74 Å². The van der Waals surface area contributed by atoms with Gasteiger partial charge >= 0.3 is 0 Å². The molecule has 1 saturated heterocycles. The van der Waals surface area contributed by atoms with Gasteiger partial charge in [-0.3, -0.25) is 9.36 Å². The van der Waals surface area contributed by atoms with Crippen LogP contribution in [0.4, 0.5) is 5.69 Å². The Labute approximate surface area is 122 Å². The van der Waals surface area contributed by atoms with Crippen molar-refractivity contribution in [2.75, 3.05) is 25.0 Å². The molecule has 1 fully saturated rings. The molecule has 0 aromatic carbocycles. The number of anilines is 1. The van der Waals surface area contributed by atoms with E-state index < -0.39 is 0 Å². The fourth-order valence-electron chi connectivity index (χ4n) is 2.02. The molecule has 2 aromatic heterocycles. The Morgan fingerprint density at radius 2 is 2.38 bits per heavy atom. The van der Waals surface area contributed by atoms with E-state index in [1.54, 1.807) is 29.4 Å². The number of hydrogen-bond acceptors (Lipinski definition) is 5. The molecular weight excluding hydrogens is 270 g/mol. The molecule has 7 heteroatoms. The summed E-state index contributed by atoms with van der Waals surface area (Å²) in [6, 6.07) is 3.61. The number of carbonyl (C=O) groups is 1. The zero-order chi connectivity index (χ0) is 14.7. The zero-order valence-corrected chi connectivity index (χ0v) is 11.7. The van der Waals surface area contributed by atoms with E-state index in [0.717, 1.165) is 18.9 Å². The maximum absolute atomic E-state index is 11.8. The molecule has 0 spiro atoms. The molecule has 7 nitrogen and oxygen atoms in total. The Balaban J connectivity index is 1.54. The predicted molar refractivity (Wildman–Crippen MR) is 77.2 cm³/mol. The summed E-state index contributed by atoms with van der Waals surface area (Å²) in [5, 5.41) is 5.88. The van der Waals surface area contributed by atoms with Gasteiger partial charge in [0.2, 0.25) is 5.91 Å². The molecule has 2 aromatic rings. The van der Waals surface area contributed by atoms with E-state index in [1.807, 2.05) is 19.2 Å². The van der Waals surface area contributed by atoms with Crippen LogP contribution in [-0.4, -0.2) is 45.7 Å². The Morgan fingerprint density at radius 3 is 2.95 bits per heavy atom.